The van der Waals surface area contributed by atoms with Gasteiger partial charge in [0.05, 0.1) is 34.2 Å². The van der Waals surface area contributed by atoms with Crippen molar-refractivity contribution in [3.8, 4) is 0 Å². The van der Waals surface area contributed by atoms with Crippen LogP contribution in [0.3, 0.4) is 0 Å². The first kappa shape index (κ1) is 23.5. The molecule has 2 atom stereocenters. The Hall–Kier alpha value is -3.27. The number of esters is 1. The summed E-state index contributed by atoms with van der Waals surface area (Å²) in [6.45, 7) is 3.65. The predicted molar refractivity (Wildman–Crippen MR) is 130 cm³/mol. The standard InChI is InChI=1S/C25H28N4O5S/c1-15-22-20(25(31)34-16(2)24(30)26-13-17-6-4-3-5-7-17)12-21(18-8-9-18)27-23(22)29(28-15)19-10-11-35(32,33)14-19/h3-7,12,16,18-19H,8-11,13-14H2,1-2H3,(H,26,30)/t16-,19+/m1/s1. The van der Waals surface area contributed by atoms with Crippen LogP contribution in [-0.4, -0.2) is 52.7 Å². The third-order valence-electron chi connectivity index (χ3n) is 6.59. The van der Waals surface area contributed by atoms with E-state index in [1.807, 2.05) is 30.3 Å². The molecule has 1 aromatic carbocycles. The summed E-state index contributed by atoms with van der Waals surface area (Å²) >= 11 is 0. The Morgan fingerprint density at radius 1 is 1.20 bits per heavy atom. The molecule has 1 aliphatic carbocycles. The number of hydrogen-bond donors (Lipinski definition) is 1. The minimum Gasteiger partial charge on any atom is -0.449 e. The van der Waals surface area contributed by atoms with Crippen molar-refractivity contribution in [3.63, 3.8) is 0 Å². The molecule has 1 saturated carbocycles. The molecule has 2 aromatic heterocycles. The number of aryl methyl sites for hydroxylation is 1. The number of sulfone groups is 1. The molecule has 0 spiro atoms. The molecule has 184 valence electrons. The van der Waals surface area contributed by atoms with Gasteiger partial charge in [-0.25, -0.2) is 22.9 Å². The lowest BCUT2D eigenvalue weighted by Crippen LogP contribution is -2.35. The molecule has 1 aliphatic heterocycles. The van der Waals surface area contributed by atoms with E-state index in [4.69, 9.17) is 9.72 Å². The number of carbonyl (C=O) groups is 2. The highest BCUT2D eigenvalue weighted by Gasteiger charge is 2.34. The van der Waals surface area contributed by atoms with Crippen LogP contribution in [0.4, 0.5) is 0 Å². The van der Waals surface area contributed by atoms with Crippen LogP contribution in [0.15, 0.2) is 36.4 Å². The summed E-state index contributed by atoms with van der Waals surface area (Å²) in [6.07, 6.45) is 1.44. The van der Waals surface area contributed by atoms with Crippen molar-refractivity contribution in [1.29, 1.82) is 0 Å². The topological polar surface area (TPSA) is 120 Å². The number of rotatable bonds is 7. The van der Waals surface area contributed by atoms with Gasteiger partial charge in [-0.3, -0.25) is 4.79 Å². The first-order chi connectivity index (χ1) is 16.7. The molecular weight excluding hydrogens is 468 g/mol. The van der Waals surface area contributed by atoms with Crippen molar-refractivity contribution in [2.24, 2.45) is 0 Å². The smallest absolute Gasteiger partial charge is 0.339 e. The minimum atomic E-state index is -3.12. The van der Waals surface area contributed by atoms with Gasteiger partial charge in [-0.15, -0.1) is 0 Å². The number of fused-ring (bicyclic) bond motifs is 1. The van der Waals surface area contributed by atoms with Crippen LogP contribution in [-0.2, 0) is 25.9 Å². The van der Waals surface area contributed by atoms with Crippen LogP contribution in [0, 0.1) is 6.92 Å². The maximum atomic E-state index is 13.3. The number of carbonyl (C=O) groups excluding carboxylic acids is 2. The fraction of sp³-hybridized carbons (Fsp3) is 0.440. The van der Waals surface area contributed by atoms with E-state index in [9.17, 15) is 18.0 Å². The monoisotopic (exact) mass is 496 g/mol. The summed E-state index contributed by atoms with van der Waals surface area (Å²) in [5, 5.41) is 7.91. The molecule has 2 fully saturated rings. The fourth-order valence-electron chi connectivity index (χ4n) is 4.51. The highest BCUT2D eigenvalue weighted by atomic mass is 32.2. The second-order valence-corrected chi connectivity index (χ2v) is 11.6. The summed E-state index contributed by atoms with van der Waals surface area (Å²) in [5.74, 6) is -0.627. The van der Waals surface area contributed by atoms with Crippen LogP contribution in [0.5, 0.6) is 0 Å². The van der Waals surface area contributed by atoms with E-state index in [2.05, 4.69) is 10.4 Å². The highest BCUT2D eigenvalue weighted by molar-refractivity contribution is 7.91. The Morgan fingerprint density at radius 2 is 1.94 bits per heavy atom. The molecule has 0 radical (unpaired) electrons. The number of ether oxygens (including phenoxy) is 1. The summed E-state index contributed by atoms with van der Waals surface area (Å²) < 4.78 is 31.4. The van der Waals surface area contributed by atoms with Gasteiger partial charge in [-0.1, -0.05) is 30.3 Å². The normalized spacial score (nSPS) is 20.0. The lowest BCUT2D eigenvalue weighted by Gasteiger charge is -2.15. The Bertz CT molecular complexity index is 1400. The van der Waals surface area contributed by atoms with Crippen LogP contribution in [0.25, 0.3) is 11.0 Å². The van der Waals surface area contributed by atoms with E-state index in [0.29, 0.717) is 35.3 Å². The molecule has 1 saturated heterocycles. The molecule has 0 unspecified atom stereocenters. The molecule has 1 amide bonds. The molecule has 3 aromatic rings. The minimum absolute atomic E-state index is 0.0109. The number of pyridine rings is 1. The van der Waals surface area contributed by atoms with Gasteiger partial charge in [0.1, 0.15) is 0 Å². The number of nitrogens with zero attached hydrogens (tertiary/aromatic N) is 3. The van der Waals surface area contributed by atoms with E-state index >= 15 is 0 Å². The first-order valence-electron chi connectivity index (χ1n) is 11.8. The Balaban J connectivity index is 1.41. The number of aromatic nitrogens is 3. The zero-order valence-electron chi connectivity index (χ0n) is 19.7. The van der Waals surface area contributed by atoms with E-state index < -0.39 is 27.8 Å². The summed E-state index contributed by atoms with van der Waals surface area (Å²) in [5.41, 5.74) is 3.10. The first-order valence-corrected chi connectivity index (χ1v) is 13.7. The Morgan fingerprint density at radius 3 is 2.60 bits per heavy atom. The number of benzene rings is 1. The highest BCUT2D eigenvalue weighted by Crippen LogP contribution is 2.41. The van der Waals surface area contributed by atoms with Gasteiger partial charge < -0.3 is 10.1 Å². The molecule has 2 aliphatic rings. The zero-order valence-corrected chi connectivity index (χ0v) is 20.5. The van der Waals surface area contributed by atoms with Gasteiger partial charge in [0.25, 0.3) is 5.91 Å². The van der Waals surface area contributed by atoms with Crippen LogP contribution in [0.2, 0.25) is 0 Å². The van der Waals surface area contributed by atoms with Gasteiger partial charge in [-0.05, 0) is 44.7 Å². The summed E-state index contributed by atoms with van der Waals surface area (Å²) in [4.78, 5) is 30.6. The third kappa shape index (κ3) is 4.93. The summed E-state index contributed by atoms with van der Waals surface area (Å²) in [7, 11) is -3.12. The second-order valence-electron chi connectivity index (χ2n) is 9.41. The quantitative estimate of drug-likeness (QED) is 0.499. The average Bonchev–Trinajstić information content (AvgIpc) is 3.55. The van der Waals surface area contributed by atoms with Crippen LogP contribution < -0.4 is 5.32 Å². The third-order valence-corrected chi connectivity index (χ3v) is 8.34. The van der Waals surface area contributed by atoms with Gasteiger partial charge in [-0.2, -0.15) is 5.10 Å². The molecule has 9 nitrogen and oxygen atoms in total. The number of nitrogens with one attached hydrogen (secondary N) is 1. The van der Waals surface area contributed by atoms with Gasteiger partial charge in [0.2, 0.25) is 0 Å². The molecule has 5 rings (SSSR count). The maximum absolute atomic E-state index is 13.3. The second kappa shape index (κ2) is 9.07. The van der Waals surface area contributed by atoms with Crippen LogP contribution in [0.1, 0.15) is 65.5 Å². The molecule has 35 heavy (non-hydrogen) atoms. The van der Waals surface area contributed by atoms with Crippen molar-refractivity contribution < 1.29 is 22.7 Å². The van der Waals surface area contributed by atoms with Gasteiger partial charge in [0.15, 0.2) is 21.6 Å². The van der Waals surface area contributed by atoms with Crippen molar-refractivity contribution in [1.82, 2.24) is 20.1 Å². The largest absolute Gasteiger partial charge is 0.449 e. The average molecular weight is 497 g/mol. The van der Waals surface area contributed by atoms with Crippen molar-refractivity contribution in [3.05, 3.63) is 58.9 Å². The molecule has 0 bridgehead atoms. The molecule has 3 heterocycles. The summed E-state index contributed by atoms with van der Waals surface area (Å²) in [6, 6.07) is 10.9. The maximum Gasteiger partial charge on any atom is 0.339 e. The van der Waals surface area contributed by atoms with Crippen molar-refractivity contribution in [2.75, 3.05) is 11.5 Å². The SMILES string of the molecule is Cc1nn([C@H]2CCS(=O)(=O)C2)c2nc(C3CC3)cc(C(=O)O[C@H](C)C(=O)NCc3ccccc3)c12. The zero-order chi connectivity index (χ0) is 24.7. The molecular formula is C25H28N4O5S. The number of amides is 1. The molecule has 1 N–H and O–H groups in total. The van der Waals surface area contributed by atoms with Crippen molar-refractivity contribution >= 4 is 32.7 Å². The van der Waals surface area contributed by atoms with Crippen molar-refractivity contribution in [2.45, 2.75) is 57.7 Å². The van der Waals surface area contributed by atoms with E-state index in [0.717, 1.165) is 24.1 Å². The fourth-order valence-corrected chi connectivity index (χ4v) is 6.20. The van der Waals surface area contributed by atoms with Crippen LogP contribution >= 0.6 is 0 Å². The Kier molecular flexibility index (Phi) is 6.08. The lowest BCUT2D eigenvalue weighted by molar-refractivity contribution is -0.129. The van der Waals surface area contributed by atoms with Gasteiger partial charge in [0, 0.05) is 18.2 Å². The van der Waals surface area contributed by atoms with E-state index in [-0.39, 0.29) is 23.5 Å². The number of hydrogen-bond acceptors (Lipinski definition) is 7. The Labute approximate surface area is 203 Å². The lowest BCUT2D eigenvalue weighted by atomic mass is 10.1. The van der Waals surface area contributed by atoms with E-state index in [1.165, 1.54) is 6.92 Å². The van der Waals surface area contributed by atoms with E-state index in [1.54, 1.807) is 17.7 Å². The molecule has 10 heteroatoms. The van der Waals surface area contributed by atoms with Gasteiger partial charge >= 0.3 is 5.97 Å². The predicted octanol–water partition coefficient (Wildman–Crippen LogP) is 2.84.